The summed E-state index contributed by atoms with van der Waals surface area (Å²) in [4.78, 5) is 11.2. The van der Waals surface area contributed by atoms with E-state index in [0.29, 0.717) is 10.6 Å². The predicted molar refractivity (Wildman–Crippen MR) is 51.5 cm³/mol. The summed E-state index contributed by atoms with van der Waals surface area (Å²) in [6.45, 7) is 0. The van der Waals surface area contributed by atoms with Crippen LogP contribution in [0.2, 0.25) is 5.02 Å². The number of hydrogen-bond donors (Lipinski definition) is 0. The Morgan fingerprint density at radius 1 is 1.64 bits per heavy atom. The van der Waals surface area contributed by atoms with Crippen molar-refractivity contribution in [2.45, 2.75) is 0 Å². The Morgan fingerprint density at radius 2 is 2.43 bits per heavy atom. The molecule has 0 spiro atoms. The number of halogens is 1. The molecule has 0 aliphatic rings. The van der Waals surface area contributed by atoms with Gasteiger partial charge in [0, 0.05) is 6.20 Å². The van der Waals surface area contributed by atoms with E-state index in [1.165, 1.54) is 11.6 Å². The third kappa shape index (κ3) is 1.33. The van der Waals surface area contributed by atoms with Crippen LogP contribution in [0.5, 0.6) is 0 Å². The van der Waals surface area contributed by atoms with Gasteiger partial charge < -0.3 is 4.74 Å². The molecule has 2 aromatic heterocycles. The van der Waals surface area contributed by atoms with Crippen LogP contribution in [-0.2, 0) is 4.74 Å². The normalized spacial score (nSPS) is 10.4. The maximum absolute atomic E-state index is 11.2. The van der Waals surface area contributed by atoms with Crippen molar-refractivity contribution < 1.29 is 9.53 Å². The maximum atomic E-state index is 11.2. The molecule has 0 aliphatic heterocycles. The summed E-state index contributed by atoms with van der Waals surface area (Å²) in [6, 6.07) is 3.33. The highest BCUT2D eigenvalue weighted by molar-refractivity contribution is 6.34. The largest absolute Gasteiger partial charge is 0.465 e. The molecule has 0 saturated heterocycles. The first-order valence-corrected chi connectivity index (χ1v) is 4.31. The zero-order chi connectivity index (χ0) is 10.1. The van der Waals surface area contributed by atoms with Gasteiger partial charge in [0.1, 0.15) is 0 Å². The van der Waals surface area contributed by atoms with Crippen molar-refractivity contribution in [3.8, 4) is 0 Å². The van der Waals surface area contributed by atoms with Crippen molar-refractivity contribution in [3.63, 3.8) is 0 Å². The van der Waals surface area contributed by atoms with Crippen LogP contribution in [0.1, 0.15) is 10.4 Å². The number of carbonyl (C=O) groups excluding carboxylic acids is 1. The molecule has 4 nitrogen and oxygen atoms in total. The van der Waals surface area contributed by atoms with E-state index < -0.39 is 5.97 Å². The molecule has 0 radical (unpaired) electrons. The molecule has 72 valence electrons. The van der Waals surface area contributed by atoms with Gasteiger partial charge in [-0.05, 0) is 12.1 Å². The first-order chi connectivity index (χ1) is 6.72. The number of rotatable bonds is 1. The zero-order valence-electron chi connectivity index (χ0n) is 7.40. The van der Waals surface area contributed by atoms with Crippen molar-refractivity contribution in [1.82, 2.24) is 9.61 Å². The number of aromatic nitrogens is 2. The third-order valence-electron chi connectivity index (χ3n) is 1.88. The van der Waals surface area contributed by atoms with Crippen molar-refractivity contribution >= 4 is 23.1 Å². The van der Waals surface area contributed by atoms with E-state index in [1.54, 1.807) is 24.5 Å². The summed E-state index contributed by atoms with van der Waals surface area (Å²) in [7, 11) is 1.32. The molecule has 0 fully saturated rings. The lowest BCUT2D eigenvalue weighted by Gasteiger charge is -2.01. The van der Waals surface area contributed by atoms with E-state index in [0.717, 1.165) is 5.52 Å². The second kappa shape index (κ2) is 3.31. The molecule has 0 atom stereocenters. The Labute approximate surface area is 85.0 Å². The van der Waals surface area contributed by atoms with E-state index in [9.17, 15) is 4.79 Å². The molecule has 0 unspecified atom stereocenters. The quantitative estimate of drug-likeness (QED) is 0.674. The second-order valence-corrected chi connectivity index (χ2v) is 3.14. The lowest BCUT2D eigenvalue weighted by atomic mass is 10.3. The minimum atomic E-state index is -0.427. The molecular weight excluding hydrogens is 204 g/mol. The summed E-state index contributed by atoms with van der Waals surface area (Å²) in [5.41, 5.74) is 1.15. The summed E-state index contributed by atoms with van der Waals surface area (Å²) in [6.07, 6.45) is 3.19. The number of ether oxygens (including phenoxy) is 1. The molecule has 0 amide bonds. The number of methoxy groups -OCH3 is 1. The van der Waals surface area contributed by atoms with Gasteiger partial charge in [0.2, 0.25) is 0 Å². The van der Waals surface area contributed by atoms with Gasteiger partial charge in [0.05, 0.1) is 29.4 Å². The molecule has 2 aromatic rings. The summed E-state index contributed by atoms with van der Waals surface area (Å²) >= 11 is 5.94. The molecule has 2 rings (SSSR count). The van der Waals surface area contributed by atoms with Gasteiger partial charge in [-0.2, -0.15) is 5.10 Å². The maximum Gasteiger partial charge on any atom is 0.339 e. The van der Waals surface area contributed by atoms with Crippen molar-refractivity contribution in [1.29, 1.82) is 0 Å². The second-order valence-electron chi connectivity index (χ2n) is 2.73. The van der Waals surface area contributed by atoms with Crippen LogP contribution in [0.4, 0.5) is 0 Å². The number of carbonyl (C=O) groups is 1. The predicted octanol–water partition coefficient (Wildman–Crippen LogP) is 1.77. The SMILES string of the molecule is COC(=O)c1cc(Cl)c2ccnn2c1. The zero-order valence-corrected chi connectivity index (χ0v) is 8.15. The lowest BCUT2D eigenvalue weighted by molar-refractivity contribution is 0.0600. The Hall–Kier alpha value is -1.55. The van der Waals surface area contributed by atoms with Crippen LogP contribution in [0, 0.1) is 0 Å². The van der Waals surface area contributed by atoms with E-state index in [4.69, 9.17) is 11.6 Å². The van der Waals surface area contributed by atoms with Gasteiger partial charge in [-0.15, -0.1) is 0 Å². The average molecular weight is 211 g/mol. The molecule has 0 bridgehead atoms. The van der Waals surface area contributed by atoms with E-state index in [2.05, 4.69) is 9.84 Å². The molecular formula is C9H7ClN2O2. The highest BCUT2D eigenvalue weighted by atomic mass is 35.5. The van der Waals surface area contributed by atoms with Gasteiger partial charge in [0.25, 0.3) is 0 Å². The number of fused-ring (bicyclic) bond motifs is 1. The van der Waals surface area contributed by atoms with Crippen molar-refractivity contribution in [2.24, 2.45) is 0 Å². The molecule has 2 heterocycles. The minimum absolute atomic E-state index is 0.383. The number of esters is 1. The average Bonchev–Trinajstić information content (AvgIpc) is 2.64. The first kappa shape index (κ1) is 9.02. The van der Waals surface area contributed by atoms with Gasteiger partial charge in [-0.1, -0.05) is 11.6 Å². The highest BCUT2D eigenvalue weighted by Crippen LogP contribution is 2.18. The lowest BCUT2D eigenvalue weighted by Crippen LogP contribution is -2.03. The van der Waals surface area contributed by atoms with Gasteiger partial charge in [-0.25, -0.2) is 9.31 Å². The Morgan fingerprint density at radius 3 is 3.14 bits per heavy atom. The van der Waals surface area contributed by atoms with Crippen LogP contribution in [0.15, 0.2) is 24.5 Å². The van der Waals surface area contributed by atoms with Crippen molar-refractivity contribution in [3.05, 3.63) is 35.1 Å². The summed E-state index contributed by atoms with van der Waals surface area (Å²) in [5.74, 6) is -0.427. The fraction of sp³-hybridized carbons (Fsp3) is 0.111. The Balaban J connectivity index is 2.64. The summed E-state index contributed by atoms with van der Waals surface area (Å²) in [5, 5.41) is 4.46. The standard InChI is InChI=1S/C9H7ClN2O2/c1-14-9(13)6-4-7(10)8-2-3-11-12(8)5-6/h2-5H,1H3. The van der Waals surface area contributed by atoms with E-state index in [1.807, 2.05) is 0 Å². The fourth-order valence-corrected chi connectivity index (χ4v) is 1.48. The monoisotopic (exact) mass is 210 g/mol. The van der Waals surface area contributed by atoms with Crippen molar-refractivity contribution in [2.75, 3.05) is 7.11 Å². The van der Waals surface area contributed by atoms with Crippen LogP contribution in [0.25, 0.3) is 5.52 Å². The summed E-state index contributed by atoms with van der Waals surface area (Å²) < 4.78 is 6.11. The Kier molecular flexibility index (Phi) is 2.13. The molecule has 0 N–H and O–H groups in total. The van der Waals surface area contributed by atoms with Gasteiger partial charge in [-0.3, -0.25) is 0 Å². The molecule has 0 aromatic carbocycles. The van der Waals surface area contributed by atoms with Crippen LogP contribution >= 0.6 is 11.6 Å². The molecule has 0 aliphatic carbocycles. The van der Waals surface area contributed by atoms with Gasteiger partial charge >= 0.3 is 5.97 Å². The van der Waals surface area contributed by atoms with E-state index in [-0.39, 0.29) is 0 Å². The Bertz CT molecular complexity index is 493. The van der Waals surface area contributed by atoms with Crippen LogP contribution in [-0.4, -0.2) is 22.7 Å². The van der Waals surface area contributed by atoms with Crippen LogP contribution < -0.4 is 0 Å². The third-order valence-corrected chi connectivity index (χ3v) is 2.18. The number of hydrogen-bond acceptors (Lipinski definition) is 3. The smallest absolute Gasteiger partial charge is 0.339 e. The molecule has 0 saturated carbocycles. The topological polar surface area (TPSA) is 43.6 Å². The highest BCUT2D eigenvalue weighted by Gasteiger charge is 2.09. The van der Waals surface area contributed by atoms with E-state index >= 15 is 0 Å². The number of nitrogens with zero attached hydrogens (tertiary/aromatic N) is 2. The number of pyridine rings is 1. The van der Waals surface area contributed by atoms with Crippen LogP contribution in [0.3, 0.4) is 0 Å². The minimum Gasteiger partial charge on any atom is -0.465 e. The molecule has 14 heavy (non-hydrogen) atoms. The fourth-order valence-electron chi connectivity index (χ4n) is 1.22. The van der Waals surface area contributed by atoms with Gasteiger partial charge in [0.15, 0.2) is 0 Å². The first-order valence-electron chi connectivity index (χ1n) is 3.93. The molecule has 5 heteroatoms.